The van der Waals surface area contributed by atoms with E-state index in [2.05, 4.69) is 53.2 Å². The molecule has 1 unspecified atom stereocenters. The fourth-order valence-electron chi connectivity index (χ4n) is 5.78. The number of aryl methyl sites for hydroxylation is 1. The summed E-state index contributed by atoms with van der Waals surface area (Å²) in [4.78, 5) is 12.6. The average Bonchev–Trinajstić information content (AvgIpc) is 3.07. The second kappa shape index (κ2) is 24.0. The highest BCUT2D eigenvalue weighted by Gasteiger charge is 2.34. The number of carbonyl (C=O) groups is 1. The van der Waals surface area contributed by atoms with Crippen molar-refractivity contribution in [2.24, 2.45) is 16.1 Å². The number of halogens is 4. The van der Waals surface area contributed by atoms with Crippen molar-refractivity contribution in [3.05, 3.63) is 69.8 Å². The molecule has 10 heteroatoms. The van der Waals surface area contributed by atoms with Gasteiger partial charge in [-0.05, 0) is 113 Å². The zero-order chi connectivity index (χ0) is 38.6. The van der Waals surface area contributed by atoms with Crippen molar-refractivity contribution in [2.75, 3.05) is 0 Å². The third-order valence-corrected chi connectivity index (χ3v) is 9.62. The molecule has 0 heterocycles. The number of nitrogens with zero attached hydrogens (tertiary/aromatic N) is 2. The van der Waals surface area contributed by atoms with Crippen LogP contribution in [0, 0.1) is 12.8 Å². The molecule has 288 valence electrons. The Balaban J connectivity index is 0.000000422. The summed E-state index contributed by atoms with van der Waals surface area (Å²) in [7, 11) is 1.62. The largest absolute Gasteiger partial charge is 0.345 e. The Morgan fingerprint density at radius 3 is 2.27 bits per heavy atom. The fourth-order valence-corrected chi connectivity index (χ4v) is 6.03. The lowest BCUT2D eigenvalue weighted by atomic mass is 9.77. The molecule has 2 fully saturated rings. The third-order valence-electron chi connectivity index (χ3n) is 9.31. The minimum atomic E-state index is -3.03. The highest BCUT2D eigenvalue weighted by atomic mass is 31.0. The Morgan fingerprint density at radius 2 is 1.78 bits per heavy atom. The number of ketones is 1. The molecule has 5 nitrogen and oxygen atoms in total. The molecule has 2 saturated carbocycles. The molecule has 0 amide bonds. The number of ether oxygens (including phenoxy) is 1. The highest BCUT2D eigenvalue weighted by Crippen LogP contribution is 2.41. The van der Waals surface area contributed by atoms with Gasteiger partial charge in [0.25, 0.3) is 5.66 Å². The van der Waals surface area contributed by atoms with Crippen LogP contribution in [0.25, 0.3) is 0 Å². The van der Waals surface area contributed by atoms with Gasteiger partial charge >= 0.3 is 6.61 Å². The molecule has 2 aliphatic rings. The van der Waals surface area contributed by atoms with Crippen LogP contribution in [-0.4, -0.2) is 36.5 Å². The lowest BCUT2D eigenvalue weighted by molar-refractivity contribution is -0.184. The van der Waals surface area contributed by atoms with E-state index < -0.39 is 12.3 Å². The standard InChI is InChI=1S/C20H30F2NOP.C12H14F2O.C7H14N2.C2H6/c1-4-6-8-18(24)16-11-14(13-23-19(3)9-7-10-19)12-17(15(16)5-2)20(21,22)25;1-8-3-2-4-9(5-8)10-6-11(7-10)15-12(13)14;1-4-7(3)6-9-8-5-2;1-2/h11-12,23H,4-10,13,25H2,1-3H3;2-5,10-12H,6-7H2,1H3;5-7H,4H2,1-3H3;1-2H3/b;;8-5-,9-6-;/t;;7-;/m..1./s1. The Kier molecular flexibility index (Phi) is 21.9. The van der Waals surface area contributed by atoms with Crippen molar-refractivity contribution in [3.8, 4) is 0 Å². The molecule has 51 heavy (non-hydrogen) atoms. The van der Waals surface area contributed by atoms with E-state index >= 15 is 0 Å². The van der Waals surface area contributed by atoms with Gasteiger partial charge in [-0.3, -0.25) is 4.79 Å². The van der Waals surface area contributed by atoms with Gasteiger partial charge in [0.05, 0.1) is 6.10 Å². The lowest BCUT2D eigenvalue weighted by Crippen LogP contribution is -2.47. The SMILES string of the molecule is C/C=N\N=C/[C@H](C)CC.CC.CCCCC(=O)c1cc(CNC2(C)CCC2)cc(C(F)(F)P)c1CC.Cc1cccc(C2CC(OC(F)F)C2)c1. The van der Waals surface area contributed by atoms with Crippen molar-refractivity contribution in [2.45, 2.75) is 163 Å². The molecule has 0 aromatic heterocycles. The lowest BCUT2D eigenvalue weighted by Gasteiger charge is -2.39. The average molecular weight is 738 g/mol. The number of benzene rings is 2. The molecule has 4 rings (SSSR count). The third kappa shape index (κ3) is 16.8. The Bertz CT molecular complexity index is 1350. The second-order valence-corrected chi connectivity index (χ2v) is 14.3. The predicted octanol–water partition coefficient (Wildman–Crippen LogP) is 12.2. The van der Waals surface area contributed by atoms with E-state index in [1.54, 1.807) is 21.5 Å². The van der Waals surface area contributed by atoms with Gasteiger partial charge in [-0.25, -0.2) is 0 Å². The van der Waals surface area contributed by atoms with Crippen LogP contribution in [0.1, 0.15) is 157 Å². The number of nitrogens with one attached hydrogen (secondary N) is 1. The molecular formula is C41H64F4N3O2P. The Morgan fingerprint density at radius 1 is 1.12 bits per heavy atom. The van der Waals surface area contributed by atoms with E-state index in [9.17, 15) is 22.4 Å². The van der Waals surface area contributed by atoms with Crippen LogP contribution in [0.15, 0.2) is 46.6 Å². The monoisotopic (exact) mass is 737 g/mol. The second-order valence-electron chi connectivity index (χ2n) is 13.6. The van der Waals surface area contributed by atoms with Crippen molar-refractivity contribution in [1.82, 2.24) is 5.32 Å². The van der Waals surface area contributed by atoms with Crippen LogP contribution in [0.3, 0.4) is 0 Å². The summed E-state index contributed by atoms with van der Waals surface area (Å²) >= 11 is 0. The maximum absolute atomic E-state index is 14.2. The zero-order valence-corrected chi connectivity index (χ0v) is 33.7. The first-order valence-corrected chi connectivity index (χ1v) is 19.4. The van der Waals surface area contributed by atoms with Gasteiger partial charge in [0.2, 0.25) is 0 Å². The molecule has 0 bridgehead atoms. The van der Waals surface area contributed by atoms with Crippen molar-refractivity contribution in [1.29, 1.82) is 0 Å². The summed E-state index contributed by atoms with van der Waals surface area (Å²) in [5.41, 5.74) is 1.22. The molecule has 0 radical (unpaired) electrons. The van der Waals surface area contributed by atoms with Crippen molar-refractivity contribution >= 4 is 27.5 Å². The molecule has 1 N–H and O–H groups in total. The zero-order valence-electron chi connectivity index (χ0n) is 32.5. The first kappa shape index (κ1) is 46.5. The molecule has 2 aliphatic carbocycles. The van der Waals surface area contributed by atoms with Crippen LogP contribution < -0.4 is 5.32 Å². The number of alkyl halides is 4. The summed E-state index contributed by atoms with van der Waals surface area (Å²) in [5.74, 6) is 0.924. The van der Waals surface area contributed by atoms with E-state index in [0.29, 0.717) is 55.2 Å². The number of hydrogen-bond donors (Lipinski definition) is 1. The van der Waals surface area contributed by atoms with E-state index in [0.717, 1.165) is 37.7 Å². The van der Waals surface area contributed by atoms with Crippen LogP contribution in [0.5, 0.6) is 0 Å². The summed E-state index contributed by atoms with van der Waals surface area (Å²) < 4.78 is 56.5. The van der Waals surface area contributed by atoms with E-state index in [1.165, 1.54) is 17.5 Å². The number of hydrogen-bond acceptors (Lipinski definition) is 5. The predicted molar refractivity (Wildman–Crippen MR) is 210 cm³/mol. The minimum Gasteiger partial charge on any atom is -0.320 e. The molecule has 0 saturated heterocycles. The first-order chi connectivity index (χ1) is 24.2. The molecular weight excluding hydrogens is 673 g/mol. The van der Waals surface area contributed by atoms with Crippen molar-refractivity contribution < 1.29 is 27.1 Å². The minimum absolute atomic E-state index is 0.0223. The van der Waals surface area contributed by atoms with Gasteiger partial charge in [0, 0.05) is 42.1 Å². The van der Waals surface area contributed by atoms with Gasteiger partial charge in [-0.2, -0.15) is 27.8 Å². The molecule has 0 spiro atoms. The maximum atomic E-state index is 14.2. The van der Waals surface area contributed by atoms with Crippen LogP contribution >= 0.6 is 9.24 Å². The summed E-state index contributed by atoms with van der Waals surface area (Å²) in [6.07, 6.45) is 11.8. The van der Waals surface area contributed by atoms with Crippen LogP contribution in [-0.2, 0) is 23.4 Å². The fraction of sp³-hybridized carbons (Fsp3) is 0.634. The first-order valence-electron chi connectivity index (χ1n) is 18.8. The Hall–Kier alpha value is -2.48. The number of Topliss-reactive ketones (excluding diaryl/α,β-unsaturated/α-hetero) is 1. The van der Waals surface area contributed by atoms with Gasteiger partial charge < -0.3 is 10.1 Å². The van der Waals surface area contributed by atoms with Gasteiger partial charge in [0.1, 0.15) is 0 Å². The van der Waals surface area contributed by atoms with Crippen molar-refractivity contribution in [3.63, 3.8) is 0 Å². The number of unbranched alkanes of at least 4 members (excludes halogenated alkanes) is 1. The number of carbonyl (C=O) groups excluding carboxylic acids is 1. The molecule has 2 atom stereocenters. The number of rotatable bonds is 15. The van der Waals surface area contributed by atoms with Gasteiger partial charge in [0.15, 0.2) is 5.78 Å². The van der Waals surface area contributed by atoms with E-state index in [1.807, 2.05) is 66.0 Å². The highest BCUT2D eigenvalue weighted by molar-refractivity contribution is 7.17. The van der Waals surface area contributed by atoms with E-state index in [-0.39, 0.29) is 23.0 Å². The quantitative estimate of drug-likeness (QED) is 0.0651. The smallest absolute Gasteiger partial charge is 0.320 e. The normalized spacial score (nSPS) is 18.4. The van der Waals surface area contributed by atoms with Crippen LogP contribution in [0.2, 0.25) is 0 Å². The summed E-state index contributed by atoms with van der Waals surface area (Å²) in [5, 5.41) is 11.0. The summed E-state index contributed by atoms with van der Waals surface area (Å²) in [6, 6.07) is 11.6. The topological polar surface area (TPSA) is 63.0 Å². The van der Waals surface area contributed by atoms with E-state index in [4.69, 9.17) is 0 Å². The maximum Gasteiger partial charge on any atom is 0.345 e. The summed E-state index contributed by atoms with van der Waals surface area (Å²) in [6.45, 7) is 16.0. The van der Waals surface area contributed by atoms with Gasteiger partial charge in [-0.1, -0.05) is 87.0 Å². The molecule has 2 aromatic rings. The molecule has 2 aromatic carbocycles. The molecule has 0 aliphatic heterocycles. The Labute approximate surface area is 308 Å². The van der Waals surface area contributed by atoms with Crippen LogP contribution in [0.4, 0.5) is 17.6 Å². The van der Waals surface area contributed by atoms with Gasteiger partial charge in [-0.15, -0.1) is 0 Å².